The second-order valence-corrected chi connectivity index (χ2v) is 4.56. The van der Waals surface area contributed by atoms with E-state index in [1.165, 1.54) is 0 Å². The van der Waals surface area contributed by atoms with Gasteiger partial charge in [0.1, 0.15) is 5.67 Å². The van der Waals surface area contributed by atoms with Crippen molar-refractivity contribution in [2.75, 3.05) is 13.1 Å². The van der Waals surface area contributed by atoms with Gasteiger partial charge in [0.2, 0.25) is 0 Å². The van der Waals surface area contributed by atoms with Gasteiger partial charge in [0.25, 0.3) is 0 Å². The van der Waals surface area contributed by atoms with Gasteiger partial charge >= 0.3 is 0 Å². The smallest absolute Gasteiger partial charge is 0.113 e. The molecule has 0 radical (unpaired) electrons. The lowest BCUT2D eigenvalue weighted by molar-refractivity contribution is 0.0548. The maximum atomic E-state index is 13.9. The van der Waals surface area contributed by atoms with Crippen LogP contribution in [0.4, 0.5) is 4.39 Å². The molecule has 1 aliphatic heterocycles. The van der Waals surface area contributed by atoms with Gasteiger partial charge < -0.3 is 5.32 Å². The van der Waals surface area contributed by atoms with Gasteiger partial charge in [-0.3, -0.25) is 0 Å². The fourth-order valence-electron chi connectivity index (χ4n) is 1.92. The van der Waals surface area contributed by atoms with E-state index in [4.69, 9.17) is 0 Å². The molecule has 0 aliphatic carbocycles. The zero-order valence-electron chi connectivity index (χ0n) is 8.36. The molecule has 0 aromatic heterocycles. The first kappa shape index (κ1) is 9.97. The fraction of sp³-hybridized carbons (Fsp3) is 1.00. The monoisotopic (exact) mass is 173 g/mol. The highest BCUT2D eigenvalue weighted by Crippen LogP contribution is 2.32. The molecule has 1 saturated heterocycles. The van der Waals surface area contributed by atoms with Crippen LogP contribution in [0.5, 0.6) is 0 Å². The van der Waals surface area contributed by atoms with Crippen molar-refractivity contribution in [3.63, 3.8) is 0 Å². The van der Waals surface area contributed by atoms with E-state index in [-0.39, 0.29) is 5.92 Å². The predicted molar refractivity (Wildman–Crippen MR) is 49.9 cm³/mol. The lowest BCUT2D eigenvalue weighted by Gasteiger charge is -2.36. The van der Waals surface area contributed by atoms with Crippen LogP contribution in [0, 0.1) is 11.8 Å². The van der Waals surface area contributed by atoms with E-state index in [9.17, 15) is 4.39 Å². The van der Waals surface area contributed by atoms with E-state index < -0.39 is 5.67 Å². The molecule has 1 N–H and O–H groups in total. The molecule has 0 aromatic rings. The SMILES string of the molecule is CC(C)CC1CNCCC1(C)F. The molecule has 0 spiro atoms. The molecule has 1 aliphatic rings. The van der Waals surface area contributed by atoms with Crippen molar-refractivity contribution in [2.24, 2.45) is 11.8 Å². The number of piperidine rings is 1. The second-order valence-electron chi connectivity index (χ2n) is 4.56. The number of hydrogen-bond acceptors (Lipinski definition) is 1. The summed E-state index contributed by atoms with van der Waals surface area (Å²) in [6.45, 7) is 7.75. The first-order valence-corrected chi connectivity index (χ1v) is 4.92. The Bertz CT molecular complexity index is 143. The van der Waals surface area contributed by atoms with Crippen LogP contribution in [0.2, 0.25) is 0 Å². The molecule has 2 heteroatoms. The van der Waals surface area contributed by atoms with Gasteiger partial charge in [0, 0.05) is 12.5 Å². The third-order valence-corrected chi connectivity index (χ3v) is 2.79. The molecular formula is C10H20FN. The van der Waals surface area contributed by atoms with Gasteiger partial charge in [-0.1, -0.05) is 13.8 Å². The van der Waals surface area contributed by atoms with Crippen molar-refractivity contribution in [1.82, 2.24) is 5.32 Å². The zero-order valence-corrected chi connectivity index (χ0v) is 8.36. The van der Waals surface area contributed by atoms with Crippen LogP contribution in [0.15, 0.2) is 0 Å². The van der Waals surface area contributed by atoms with Crippen LogP contribution in [-0.4, -0.2) is 18.8 Å². The summed E-state index contributed by atoms with van der Waals surface area (Å²) in [6, 6.07) is 0. The molecule has 12 heavy (non-hydrogen) atoms. The van der Waals surface area contributed by atoms with E-state index in [2.05, 4.69) is 19.2 Å². The molecule has 2 unspecified atom stereocenters. The topological polar surface area (TPSA) is 12.0 Å². The quantitative estimate of drug-likeness (QED) is 0.676. The average molecular weight is 173 g/mol. The summed E-state index contributed by atoms with van der Waals surface area (Å²) in [5.74, 6) is 0.816. The molecule has 1 nitrogen and oxygen atoms in total. The Hall–Kier alpha value is -0.110. The number of nitrogens with one attached hydrogen (secondary N) is 1. The molecular weight excluding hydrogens is 153 g/mol. The summed E-state index contributed by atoms with van der Waals surface area (Å²) in [7, 11) is 0. The van der Waals surface area contributed by atoms with Crippen molar-refractivity contribution in [3.8, 4) is 0 Å². The standard InChI is InChI=1S/C10H20FN/c1-8(2)6-9-7-12-5-4-10(9,3)11/h8-9,12H,4-7H2,1-3H3. The van der Waals surface area contributed by atoms with Crippen molar-refractivity contribution in [1.29, 1.82) is 0 Å². The Morgan fingerprint density at radius 1 is 1.58 bits per heavy atom. The van der Waals surface area contributed by atoms with Crippen LogP contribution in [0.1, 0.15) is 33.6 Å². The highest BCUT2D eigenvalue weighted by molar-refractivity contribution is 4.89. The van der Waals surface area contributed by atoms with Crippen LogP contribution in [0.25, 0.3) is 0 Å². The summed E-state index contributed by atoms with van der Waals surface area (Å²) in [5, 5.41) is 3.26. The molecule has 1 fully saturated rings. The predicted octanol–water partition coefficient (Wildman–Crippen LogP) is 2.37. The number of rotatable bonds is 2. The zero-order chi connectivity index (χ0) is 9.19. The highest BCUT2D eigenvalue weighted by atomic mass is 19.1. The Morgan fingerprint density at radius 2 is 2.25 bits per heavy atom. The molecule has 1 heterocycles. The third-order valence-electron chi connectivity index (χ3n) is 2.79. The molecule has 72 valence electrons. The van der Waals surface area contributed by atoms with E-state index in [0.29, 0.717) is 12.3 Å². The van der Waals surface area contributed by atoms with Crippen LogP contribution in [-0.2, 0) is 0 Å². The van der Waals surface area contributed by atoms with E-state index in [1.54, 1.807) is 6.92 Å². The van der Waals surface area contributed by atoms with Crippen LogP contribution >= 0.6 is 0 Å². The van der Waals surface area contributed by atoms with E-state index >= 15 is 0 Å². The second kappa shape index (κ2) is 3.73. The van der Waals surface area contributed by atoms with E-state index in [0.717, 1.165) is 19.5 Å². The normalized spacial score (nSPS) is 37.2. The summed E-state index contributed by atoms with van der Waals surface area (Å²) >= 11 is 0. The van der Waals surface area contributed by atoms with Crippen molar-refractivity contribution < 1.29 is 4.39 Å². The summed E-state index contributed by atoms with van der Waals surface area (Å²) < 4.78 is 13.9. The minimum atomic E-state index is -0.935. The number of alkyl halides is 1. The lowest BCUT2D eigenvalue weighted by Crippen LogP contribution is -2.45. The largest absolute Gasteiger partial charge is 0.316 e. The van der Waals surface area contributed by atoms with Crippen LogP contribution < -0.4 is 5.32 Å². The Kier molecular flexibility index (Phi) is 3.10. The highest BCUT2D eigenvalue weighted by Gasteiger charge is 2.36. The molecule has 0 bridgehead atoms. The molecule has 0 aromatic carbocycles. The van der Waals surface area contributed by atoms with Gasteiger partial charge in [-0.25, -0.2) is 4.39 Å². The Labute approximate surface area is 74.7 Å². The maximum absolute atomic E-state index is 13.9. The molecule has 0 amide bonds. The Balaban J connectivity index is 2.48. The first-order valence-electron chi connectivity index (χ1n) is 4.92. The maximum Gasteiger partial charge on any atom is 0.113 e. The molecule has 1 rings (SSSR count). The summed E-state index contributed by atoms with van der Waals surface area (Å²) in [4.78, 5) is 0. The van der Waals surface area contributed by atoms with Gasteiger partial charge in [-0.2, -0.15) is 0 Å². The van der Waals surface area contributed by atoms with E-state index in [1.807, 2.05) is 0 Å². The number of hydrogen-bond donors (Lipinski definition) is 1. The molecule has 0 saturated carbocycles. The minimum Gasteiger partial charge on any atom is -0.316 e. The number of halogens is 1. The average Bonchev–Trinajstić information content (AvgIpc) is 1.92. The van der Waals surface area contributed by atoms with Crippen LogP contribution in [0.3, 0.4) is 0 Å². The summed E-state index contributed by atoms with van der Waals surface area (Å²) in [6.07, 6.45) is 1.67. The van der Waals surface area contributed by atoms with Gasteiger partial charge in [0.05, 0.1) is 0 Å². The Morgan fingerprint density at radius 3 is 2.75 bits per heavy atom. The fourth-order valence-corrected chi connectivity index (χ4v) is 1.92. The van der Waals surface area contributed by atoms with Gasteiger partial charge in [-0.15, -0.1) is 0 Å². The van der Waals surface area contributed by atoms with Crippen molar-refractivity contribution >= 4 is 0 Å². The first-order chi connectivity index (χ1) is 5.52. The molecule has 2 atom stereocenters. The lowest BCUT2D eigenvalue weighted by atomic mass is 9.80. The third kappa shape index (κ3) is 2.44. The summed E-state index contributed by atoms with van der Waals surface area (Å²) in [5.41, 5.74) is -0.935. The van der Waals surface area contributed by atoms with Gasteiger partial charge in [-0.05, 0) is 32.2 Å². The van der Waals surface area contributed by atoms with Crippen molar-refractivity contribution in [3.05, 3.63) is 0 Å². The van der Waals surface area contributed by atoms with Gasteiger partial charge in [0.15, 0.2) is 0 Å². The van der Waals surface area contributed by atoms with Crippen molar-refractivity contribution in [2.45, 2.75) is 39.3 Å². The minimum absolute atomic E-state index is 0.214.